The van der Waals surface area contributed by atoms with Crippen molar-refractivity contribution >= 4 is 17.4 Å². The fraction of sp³-hybridized carbons (Fsp3) is 0.500. The quantitative estimate of drug-likeness (QED) is 0.704. The Kier molecular flexibility index (Phi) is 8.06. The van der Waals surface area contributed by atoms with Gasteiger partial charge in [-0.1, -0.05) is 6.07 Å². The van der Waals surface area contributed by atoms with Crippen LogP contribution in [0.5, 0.6) is 5.75 Å². The summed E-state index contributed by atoms with van der Waals surface area (Å²) in [5, 5.41) is 5.78. The van der Waals surface area contributed by atoms with Gasteiger partial charge in [0.15, 0.2) is 0 Å². The molecule has 1 N–H and O–H groups in total. The lowest BCUT2D eigenvalue weighted by atomic mass is 10.1. The van der Waals surface area contributed by atoms with E-state index in [4.69, 9.17) is 9.47 Å². The number of rotatable bonds is 9. The van der Waals surface area contributed by atoms with Crippen LogP contribution in [0, 0.1) is 13.8 Å². The number of hydrogen-bond acceptors (Lipinski definition) is 5. The predicted octanol–water partition coefficient (Wildman–Crippen LogP) is 3.91. The number of ether oxygens (including phenoxy) is 2. The first-order chi connectivity index (χ1) is 12.9. The van der Waals surface area contributed by atoms with E-state index in [2.05, 4.69) is 30.2 Å². The predicted molar refractivity (Wildman–Crippen MR) is 108 cm³/mol. The fourth-order valence-electron chi connectivity index (χ4n) is 2.42. The first-order valence-corrected chi connectivity index (χ1v) is 9.94. The molecule has 2 amide bonds. The molecule has 7 heteroatoms. The number of methoxy groups -OCH3 is 1. The topological polar surface area (TPSA) is 63.7 Å². The molecule has 0 atom stereocenters. The molecule has 0 aliphatic carbocycles. The number of aromatic nitrogens is 1. The number of carbonyl (C=O) groups is 1. The van der Waals surface area contributed by atoms with Crippen molar-refractivity contribution in [2.24, 2.45) is 0 Å². The number of nitrogens with zero attached hydrogens (tertiary/aromatic N) is 2. The minimum Gasteiger partial charge on any atom is -0.486 e. The van der Waals surface area contributed by atoms with Gasteiger partial charge in [0.2, 0.25) is 0 Å². The number of urea groups is 1. The molecule has 0 unspecified atom stereocenters. The third kappa shape index (κ3) is 6.84. The van der Waals surface area contributed by atoms with Crippen LogP contribution in [-0.2, 0) is 17.9 Å². The second-order valence-corrected chi connectivity index (χ2v) is 7.73. The van der Waals surface area contributed by atoms with E-state index in [1.807, 2.05) is 31.4 Å². The van der Waals surface area contributed by atoms with E-state index in [-0.39, 0.29) is 12.1 Å². The maximum atomic E-state index is 12.4. The highest BCUT2D eigenvalue weighted by atomic mass is 32.1. The molecule has 0 bridgehead atoms. The van der Waals surface area contributed by atoms with Gasteiger partial charge in [-0.05, 0) is 51.0 Å². The van der Waals surface area contributed by atoms with Gasteiger partial charge in [-0.25, -0.2) is 9.78 Å². The molecule has 1 aromatic carbocycles. The van der Waals surface area contributed by atoms with Crippen LogP contribution in [0.25, 0.3) is 0 Å². The van der Waals surface area contributed by atoms with E-state index in [9.17, 15) is 4.79 Å². The maximum Gasteiger partial charge on any atom is 0.318 e. The first kappa shape index (κ1) is 21.2. The molecule has 2 aromatic rings. The van der Waals surface area contributed by atoms with Gasteiger partial charge < -0.3 is 19.7 Å². The Morgan fingerprint density at radius 2 is 2.07 bits per heavy atom. The summed E-state index contributed by atoms with van der Waals surface area (Å²) in [6.45, 7) is 9.90. The average Bonchev–Trinajstić information content (AvgIpc) is 3.06. The third-order valence-corrected chi connectivity index (χ3v) is 4.93. The van der Waals surface area contributed by atoms with E-state index >= 15 is 0 Å². The van der Waals surface area contributed by atoms with E-state index in [1.54, 1.807) is 23.3 Å². The van der Waals surface area contributed by atoms with Gasteiger partial charge in [0, 0.05) is 25.1 Å². The Bertz CT molecular complexity index is 746. The van der Waals surface area contributed by atoms with Crippen LogP contribution in [0.2, 0.25) is 0 Å². The van der Waals surface area contributed by atoms with Crippen molar-refractivity contribution in [1.29, 1.82) is 0 Å². The molecule has 0 fully saturated rings. The Morgan fingerprint density at radius 3 is 2.74 bits per heavy atom. The second kappa shape index (κ2) is 10.3. The summed E-state index contributed by atoms with van der Waals surface area (Å²) >= 11 is 1.54. The Labute approximate surface area is 165 Å². The van der Waals surface area contributed by atoms with E-state index in [0.717, 1.165) is 16.5 Å². The monoisotopic (exact) mass is 391 g/mol. The summed E-state index contributed by atoms with van der Waals surface area (Å²) < 4.78 is 11.0. The molecule has 148 valence electrons. The molecule has 2 rings (SSSR count). The normalized spacial score (nSPS) is 10.9. The van der Waals surface area contributed by atoms with Crippen molar-refractivity contribution in [2.75, 3.05) is 20.3 Å². The molecule has 0 aliphatic heterocycles. The van der Waals surface area contributed by atoms with Crippen molar-refractivity contribution in [2.45, 2.75) is 46.9 Å². The first-order valence-electron chi connectivity index (χ1n) is 9.06. The van der Waals surface area contributed by atoms with E-state index < -0.39 is 0 Å². The Balaban J connectivity index is 1.95. The molecule has 1 heterocycles. The van der Waals surface area contributed by atoms with Crippen molar-refractivity contribution in [3.05, 3.63) is 45.4 Å². The number of nitrogens with one attached hydrogen (secondary N) is 1. The standard InChI is InChI=1S/C20H29N3O3S/c1-14(2)21-20(24)23(8-9-25-5)11-17-13-27-19(22-17)12-26-18-7-6-15(3)16(4)10-18/h6-7,10,13-14H,8-9,11-12H2,1-5H3,(H,21,24). The highest BCUT2D eigenvalue weighted by Gasteiger charge is 2.16. The smallest absolute Gasteiger partial charge is 0.318 e. The summed E-state index contributed by atoms with van der Waals surface area (Å²) in [6, 6.07) is 6.04. The van der Waals surface area contributed by atoms with Gasteiger partial charge >= 0.3 is 6.03 Å². The zero-order valence-corrected chi connectivity index (χ0v) is 17.6. The summed E-state index contributed by atoms with van der Waals surface area (Å²) in [5.74, 6) is 0.841. The third-order valence-electron chi connectivity index (χ3n) is 4.06. The zero-order valence-electron chi connectivity index (χ0n) is 16.7. The highest BCUT2D eigenvalue weighted by molar-refractivity contribution is 7.09. The van der Waals surface area contributed by atoms with Crippen molar-refractivity contribution in [1.82, 2.24) is 15.2 Å². The van der Waals surface area contributed by atoms with Crippen LogP contribution in [0.3, 0.4) is 0 Å². The van der Waals surface area contributed by atoms with Crippen LogP contribution in [-0.4, -0.2) is 42.2 Å². The molecule has 6 nitrogen and oxygen atoms in total. The molecular weight excluding hydrogens is 362 g/mol. The van der Waals surface area contributed by atoms with Crippen LogP contribution < -0.4 is 10.1 Å². The Morgan fingerprint density at radius 1 is 1.30 bits per heavy atom. The SMILES string of the molecule is COCCN(Cc1csc(COc2ccc(C)c(C)c2)n1)C(=O)NC(C)C. The second-order valence-electron chi connectivity index (χ2n) is 6.79. The van der Waals surface area contributed by atoms with Gasteiger partial charge in [-0.2, -0.15) is 0 Å². The fourth-order valence-corrected chi connectivity index (χ4v) is 3.12. The molecule has 0 radical (unpaired) electrons. The van der Waals surface area contributed by atoms with Crippen LogP contribution in [0.1, 0.15) is 35.7 Å². The minimum absolute atomic E-state index is 0.0832. The largest absolute Gasteiger partial charge is 0.486 e. The molecule has 0 spiro atoms. The number of aryl methyl sites for hydroxylation is 2. The number of hydrogen-bond donors (Lipinski definition) is 1. The molecular formula is C20H29N3O3S. The summed E-state index contributed by atoms with van der Waals surface area (Å²) in [5.41, 5.74) is 3.31. The lowest BCUT2D eigenvalue weighted by molar-refractivity contribution is 0.145. The van der Waals surface area contributed by atoms with Gasteiger partial charge in [0.05, 0.1) is 18.8 Å². The van der Waals surface area contributed by atoms with Gasteiger partial charge in [0.1, 0.15) is 17.4 Å². The van der Waals surface area contributed by atoms with E-state index in [1.165, 1.54) is 11.1 Å². The lowest BCUT2D eigenvalue weighted by Crippen LogP contribution is -2.44. The van der Waals surface area contributed by atoms with Crippen molar-refractivity contribution < 1.29 is 14.3 Å². The molecule has 27 heavy (non-hydrogen) atoms. The van der Waals surface area contributed by atoms with Gasteiger partial charge in [-0.15, -0.1) is 11.3 Å². The lowest BCUT2D eigenvalue weighted by Gasteiger charge is -2.23. The number of thiazole rings is 1. The molecule has 0 aliphatic rings. The Hall–Kier alpha value is -2.12. The van der Waals surface area contributed by atoms with Gasteiger partial charge in [-0.3, -0.25) is 0 Å². The van der Waals surface area contributed by atoms with Crippen LogP contribution in [0.4, 0.5) is 4.79 Å². The maximum absolute atomic E-state index is 12.4. The highest BCUT2D eigenvalue weighted by Crippen LogP contribution is 2.19. The molecule has 0 saturated carbocycles. The molecule has 1 aromatic heterocycles. The van der Waals surface area contributed by atoms with Crippen molar-refractivity contribution in [3.63, 3.8) is 0 Å². The summed E-state index contributed by atoms with van der Waals surface area (Å²) in [4.78, 5) is 18.7. The minimum atomic E-state index is -0.108. The zero-order chi connectivity index (χ0) is 19.8. The summed E-state index contributed by atoms with van der Waals surface area (Å²) in [6.07, 6.45) is 0. The van der Waals surface area contributed by atoms with E-state index in [0.29, 0.717) is 26.3 Å². The summed E-state index contributed by atoms with van der Waals surface area (Å²) in [7, 11) is 1.63. The van der Waals surface area contributed by atoms with Crippen molar-refractivity contribution in [3.8, 4) is 5.75 Å². The number of amides is 2. The molecule has 0 saturated heterocycles. The van der Waals surface area contributed by atoms with Gasteiger partial charge in [0.25, 0.3) is 0 Å². The van der Waals surface area contributed by atoms with Crippen LogP contribution >= 0.6 is 11.3 Å². The number of benzene rings is 1. The average molecular weight is 392 g/mol. The number of carbonyl (C=O) groups excluding carboxylic acids is 1. The van der Waals surface area contributed by atoms with Crippen LogP contribution in [0.15, 0.2) is 23.6 Å².